The van der Waals surface area contributed by atoms with E-state index in [-0.39, 0.29) is 11.8 Å². The van der Waals surface area contributed by atoms with Gasteiger partial charge >= 0.3 is 6.18 Å². The Labute approximate surface area is 120 Å². The summed E-state index contributed by atoms with van der Waals surface area (Å²) in [7, 11) is 1.52. The van der Waals surface area contributed by atoms with Crippen LogP contribution in [0.25, 0.3) is 0 Å². The molecule has 1 aromatic heterocycles. The second kappa shape index (κ2) is 4.24. The topological polar surface area (TPSA) is 49.8 Å². The van der Waals surface area contributed by atoms with Crippen molar-refractivity contribution in [3.8, 4) is 0 Å². The third kappa shape index (κ3) is 2.05. The molecule has 0 aromatic carbocycles. The number of halogens is 3. The molecule has 0 spiro atoms. The molecule has 114 valence electrons. The number of anilines is 2. The van der Waals surface area contributed by atoms with Crippen LogP contribution in [0.5, 0.6) is 0 Å². The molecule has 0 aliphatic heterocycles. The molecule has 4 unspecified atom stereocenters. The molecule has 0 saturated heterocycles. The summed E-state index contributed by atoms with van der Waals surface area (Å²) in [5.41, 5.74) is -0.905. The van der Waals surface area contributed by atoms with Crippen molar-refractivity contribution in [3.05, 3.63) is 11.8 Å². The first kappa shape index (κ1) is 13.2. The summed E-state index contributed by atoms with van der Waals surface area (Å²) in [5.74, 6) is 3.11. The smallest absolute Gasteiger partial charge is 0.367 e. The number of fused-ring (bicyclic) bond motifs is 5. The molecular formula is C14H17F3N4. The average Bonchev–Trinajstić information content (AvgIpc) is 2.84. The molecule has 4 rings (SSSR count). The minimum Gasteiger partial charge on any atom is -0.367 e. The number of rotatable bonds is 3. The van der Waals surface area contributed by atoms with E-state index in [2.05, 4.69) is 20.6 Å². The number of hydrogen-bond donors (Lipinski definition) is 2. The van der Waals surface area contributed by atoms with E-state index in [9.17, 15) is 13.2 Å². The van der Waals surface area contributed by atoms with E-state index < -0.39 is 11.9 Å². The fraction of sp³-hybridized carbons (Fsp3) is 0.714. The van der Waals surface area contributed by atoms with E-state index in [1.807, 2.05) is 0 Å². The van der Waals surface area contributed by atoms with Crippen LogP contribution in [0.1, 0.15) is 25.0 Å². The summed E-state index contributed by atoms with van der Waals surface area (Å²) in [6, 6.07) is 1.31. The molecule has 7 heteroatoms. The van der Waals surface area contributed by atoms with Crippen molar-refractivity contribution in [1.29, 1.82) is 0 Å². The Morgan fingerprint density at radius 1 is 1.14 bits per heavy atom. The molecule has 2 bridgehead atoms. The van der Waals surface area contributed by atoms with Crippen LogP contribution in [0.15, 0.2) is 6.07 Å². The van der Waals surface area contributed by atoms with Crippen molar-refractivity contribution < 1.29 is 13.2 Å². The summed E-state index contributed by atoms with van der Waals surface area (Å²) < 4.78 is 38.6. The minimum atomic E-state index is -4.45. The predicted molar refractivity (Wildman–Crippen MR) is 71.8 cm³/mol. The molecule has 4 nitrogen and oxygen atoms in total. The quantitative estimate of drug-likeness (QED) is 0.900. The van der Waals surface area contributed by atoms with Gasteiger partial charge in [0.25, 0.3) is 0 Å². The van der Waals surface area contributed by atoms with Crippen LogP contribution in [0, 0.1) is 23.7 Å². The second-order valence-electron chi connectivity index (χ2n) is 6.37. The summed E-state index contributed by atoms with van der Waals surface area (Å²) >= 11 is 0. The summed E-state index contributed by atoms with van der Waals surface area (Å²) in [6.45, 7) is 0. The van der Waals surface area contributed by atoms with Gasteiger partial charge in [0.1, 0.15) is 5.82 Å². The lowest BCUT2D eigenvalue weighted by molar-refractivity contribution is -0.141. The maximum absolute atomic E-state index is 12.9. The van der Waals surface area contributed by atoms with Gasteiger partial charge in [0.05, 0.1) is 0 Å². The third-order valence-electron chi connectivity index (χ3n) is 5.29. The van der Waals surface area contributed by atoms with Gasteiger partial charge in [-0.05, 0) is 42.9 Å². The van der Waals surface area contributed by atoms with E-state index >= 15 is 0 Å². The van der Waals surface area contributed by atoms with Gasteiger partial charge < -0.3 is 10.6 Å². The van der Waals surface area contributed by atoms with Gasteiger partial charge in [-0.1, -0.05) is 0 Å². The lowest BCUT2D eigenvalue weighted by Gasteiger charge is -2.14. The van der Waals surface area contributed by atoms with Gasteiger partial charge in [-0.15, -0.1) is 0 Å². The first-order chi connectivity index (χ1) is 9.97. The molecular weight excluding hydrogens is 281 g/mol. The molecule has 21 heavy (non-hydrogen) atoms. The highest BCUT2D eigenvalue weighted by atomic mass is 19.4. The lowest BCUT2D eigenvalue weighted by Crippen LogP contribution is -2.17. The number of hydrogen-bond acceptors (Lipinski definition) is 4. The van der Waals surface area contributed by atoms with Crippen molar-refractivity contribution in [2.75, 3.05) is 17.7 Å². The Morgan fingerprint density at radius 3 is 2.38 bits per heavy atom. The highest BCUT2D eigenvalue weighted by Crippen LogP contribution is 2.66. The SMILES string of the molecule is CNc1nc(NC2C3C4CCC(C4)C23)cc(C(F)(F)F)n1. The Morgan fingerprint density at radius 2 is 1.81 bits per heavy atom. The molecule has 0 radical (unpaired) electrons. The van der Waals surface area contributed by atoms with Crippen LogP contribution in [0.2, 0.25) is 0 Å². The van der Waals surface area contributed by atoms with Crippen LogP contribution in [0.3, 0.4) is 0 Å². The zero-order chi connectivity index (χ0) is 14.8. The first-order valence-electron chi connectivity index (χ1n) is 7.38. The molecule has 3 aliphatic carbocycles. The average molecular weight is 298 g/mol. The maximum atomic E-state index is 12.9. The molecule has 2 N–H and O–H groups in total. The van der Waals surface area contributed by atoms with Gasteiger partial charge in [0, 0.05) is 19.2 Å². The highest BCUT2D eigenvalue weighted by molar-refractivity contribution is 5.46. The summed E-state index contributed by atoms with van der Waals surface area (Å²) in [4.78, 5) is 7.59. The van der Waals surface area contributed by atoms with E-state index in [0.717, 1.165) is 17.9 Å². The Kier molecular flexibility index (Phi) is 2.65. The van der Waals surface area contributed by atoms with Crippen molar-refractivity contribution in [1.82, 2.24) is 9.97 Å². The van der Waals surface area contributed by atoms with Crippen LogP contribution in [-0.4, -0.2) is 23.1 Å². The number of nitrogens with zero attached hydrogens (tertiary/aromatic N) is 2. The molecule has 3 aliphatic rings. The third-order valence-corrected chi connectivity index (χ3v) is 5.29. The standard InChI is InChI=1S/C14H17F3N4/c1-18-13-19-8(14(15,16)17)5-9(21-13)20-12-10-6-2-3-7(4-6)11(10)12/h5-7,10-12H,2-4H2,1H3,(H2,18,19,20,21). The molecule has 4 atom stereocenters. The van der Waals surface area contributed by atoms with E-state index in [1.165, 1.54) is 26.3 Å². The monoisotopic (exact) mass is 298 g/mol. The number of nitrogens with one attached hydrogen (secondary N) is 2. The Balaban J connectivity index is 1.56. The maximum Gasteiger partial charge on any atom is 0.433 e. The molecule has 3 fully saturated rings. The van der Waals surface area contributed by atoms with Crippen molar-refractivity contribution >= 4 is 11.8 Å². The normalized spacial score (nSPS) is 36.5. The van der Waals surface area contributed by atoms with Gasteiger partial charge in [0.2, 0.25) is 5.95 Å². The summed E-state index contributed by atoms with van der Waals surface area (Å²) in [6.07, 6.45) is -0.580. The second-order valence-corrected chi connectivity index (χ2v) is 6.37. The van der Waals surface area contributed by atoms with E-state index in [0.29, 0.717) is 17.9 Å². The zero-order valence-corrected chi connectivity index (χ0v) is 11.6. The van der Waals surface area contributed by atoms with Crippen LogP contribution < -0.4 is 10.6 Å². The molecule has 3 saturated carbocycles. The predicted octanol–water partition coefficient (Wildman–Crippen LogP) is 2.99. The molecule has 1 aromatic rings. The zero-order valence-electron chi connectivity index (χ0n) is 11.6. The van der Waals surface area contributed by atoms with Gasteiger partial charge in [-0.3, -0.25) is 0 Å². The van der Waals surface area contributed by atoms with Crippen LogP contribution in [0.4, 0.5) is 24.9 Å². The largest absolute Gasteiger partial charge is 0.433 e. The Hall–Kier alpha value is -1.53. The van der Waals surface area contributed by atoms with Crippen molar-refractivity contribution in [2.45, 2.75) is 31.5 Å². The number of aromatic nitrogens is 2. The first-order valence-corrected chi connectivity index (χ1v) is 7.38. The molecule has 0 amide bonds. The van der Waals surface area contributed by atoms with Crippen LogP contribution >= 0.6 is 0 Å². The fourth-order valence-corrected chi connectivity index (χ4v) is 4.47. The van der Waals surface area contributed by atoms with Gasteiger partial charge in [-0.2, -0.15) is 18.2 Å². The van der Waals surface area contributed by atoms with E-state index in [1.54, 1.807) is 0 Å². The van der Waals surface area contributed by atoms with Crippen molar-refractivity contribution in [2.24, 2.45) is 23.7 Å². The Bertz CT molecular complexity index is 558. The highest BCUT2D eigenvalue weighted by Gasteiger charge is 2.65. The summed E-state index contributed by atoms with van der Waals surface area (Å²) in [5, 5.41) is 5.81. The van der Waals surface area contributed by atoms with E-state index in [4.69, 9.17) is 0 Å². The van der Waals surface area contributed by atoms with Gasteiger partial charge in [-0.25, -0.2) is 4.98 Å². The molecule has 1 heterocycles. The minimum absolute atomic E-state index is 0.00102. The van der Waals surface area contributed by atoms with Crippen LogP contribution in [-0.2, 0) is 6.18 Å². The van der Waals surface area contributed by atoms with Gasteiger partial charge in [0.15, 0.2) is 5.69 Å². The number of alkyl halides is 3. The van der Waals surface area contributed by atoms with Crippen molar-refractivity contribution in [3.63, 3.8) is 0 Å². The lowest BCUT2D eigenvalue weighted by atomic mass is 10.0. The fourth-order valence-electron chi connectivity index (χ4n) is 4.47.